The number of halogens is 2. The largest absolute Gasteiger partial charge is 0.485 e. The zero-order valence-electron chi connectivity index (χ0n) is 8.18. The third-order valence-corrected chi connectivity index (χ3v) is 1.97. The van der Waals surface area contributed by atoms with E-state index in [0.717, 1.165) is 6.07 Å². The summed E-state index contributed by atoms with van der Waals surface area (Å²) in [5, 5.41) is 0. The van der Waals surface area contributed by atoms with Crippen molar-refractivity contribution in [1.29, 1.82) is 0 Å². The van der Waals surface area contributed by atoms with E-state index in [-0.39, 0.29) is 17.5 Å². The van der Waals surface area contributed by atoms with Crippen molar-refractivity contribution in [3.8, 4) is 5.75 Å². The Morgan fingerprint density at radius 2 is 2.07 bits per heavy atom. The molecular weight excluding hydrogens is 188 g/mol. The Balaban J connectivity index is 3.00. The van der Waals surface area contributed by atoms with E-state index in [4.69, 9.17) is 10.5 Å². The molecule has 0 aliphatic heterocycles. The molecule has 0 amide bonds. The number of hydrogen-bond acceptors (Lipinski definition) is 2. The highest BCUT2D eigenvalue weighted by molar-refractivity contribution is 5.53. The highest BCUT2D eigenvalue weighted by Gasteiger charge is 2.14. The van der Waals surface area contributed by atoms with Crippen molar-refractivity contribution in [3.63, 3.8) is 0 Å². The highest BCUT2D eigenvalue weighted by atomic mass is 19.2. The second-order valence-corrected chi connectivity index (χ2v) is 3.12. The van der Waals surface area contributed by atoms with Gasteiger partial charge < -0.3 is 10.5 Å². The van der Waals surface area contributed by atoms with Crippen LogP contribution in [0.25, 0.3) is 0 Å². The summed E-state index contributed by atoms with van der Waals surface area (Å²) >= 11 is 0. The topological polar surface area (TPSA) is 35.2 Å². The molecule has 0 bridgehead atoms. The predicted molar refractivity (Wildman–Crippen MR) is 51.2 cm³/mol. The number of nitrogen functional groups attached to an aromatic ring is 1. The average Bonchev–Trinajstić information content (AvgIpc) is 2.18. The van der Waals surface area contributed by atoms with Crippen molar-refractivity contribution in [2.24, 2.45) is 0 Å². The van der Waals surface area contributed by atoms with Gasteiger partial charge in [0.1, 0.15) is 0 Å². The van der Waals surface area contributed by atoms with Crippen LogP contribution < -0.4 is 10.5 Å². The number of nitrogens with two attached hydrogens (primary N) is 1. The van der Waals surface area contributed by atoms with Crippen LogP contribution in [0.15, 0.2) is 12.1 Å². The van der Waals surface area contributed by atoms with E-state index in [2.05, 4.69) is 0 Å². The predicted octanol–water partition coefficient (Wildman–Crippen LogP) is 2.72. The average molecular weight is 201 g/mol. The fourth-order valence-electron chi connectivity index (χ4n) is 0.951. The maximum absolute atomic E-state index is 13.2. The lowest BCUT2D eigenvalue weighted by atomic mass is 10.2. The van der Waals surface area contributed by atoms with E-state index < -0.39 is 11.6 Å². The first-order chi connectivity index (χ1) is 6.56. The molecule has 0 fully saturated rings. The van der Waals surface area contributed by atoms with Crippen molar-refractivity contribution in [2.45, 2.75) is 26.4 Å². The van der Waals surface area contributed by atoms with E-state index in [1.807, 2.05) is 6.92 Å². The third-order valence-electron chi connectivity index (χ3n) is 1.97. The zero-order chi connectivity index (χ0) is 10.7. The van der Waals surface area contributed by atoms with Crippen LogP contribution in [0.5, 0.6) is 5.75 Å². The minimum absolute atomic E-state index is 0.115. The first-order valence-electron chi connectivity index (χ1n) is 4.46. The van der Waals surface area contributed by atoms with Gasteiger partial charge in [-0.1, -0.05) is 6.92 Å². The van der Waals surface area contributed by atoms with E-state index in [1.54, 1.807) is 6.92 Å². The van der Waals surface area contributed by atoms with Gasteiger partial charge in [-0.2, -0.15) is 4.39 Å². The van der Waals surface area contributed by atoms with Gasteiger partial charge in [-0.15, -0.1) is 0 Å². The molecule has 0 saturated heterocycles. The number of ether oxygens (including phenoxy) is 1. The van der Waals surface area contributed by atoms with Crippen LogP contribution in [-0.4, -0.2) is 6.10 Å². The Morgan fingerprint density at radius 1 is 1.43 bits per heavy atom. The minimum Gasteiger partial charge on any atom is -0.485 e. The molecule has 0 aliphatic carbocycles. The molecule has 2 nitrogen and oxygen atoms in total. The van der Waals surface area contributed by atoms with Crippen molar-refractivity contribution >= 4 is 5.69 Å². The molecule has 2 N–H and O–H groups in total. The van der Waals surface area contributed by atoms with Crippen LogP contribution >= 0.6 is 0 Å². The number of hydrogen-bond donors (Lipinski definition) is 1. The molecule has 1 unspecified atom stereocenters. The first-order valence-corrected chi connectivity index (χ1v) is 4.46. The van der Waals surface area contributed by atoms with E-state index in [0.29, 0.717) is 6.42 Å². The van der Waals surface area contributed by atoms with Gasteiger partial charge in [0, 0.05) is 0 Å². The van der Waals surface area contributed by atoms with Gasteiger partial charge in [-0.3, -0.25) is 0 Å². The normalized spacial score (nSPS) is 12.6. The van der Waals surface area contributed by atoms with Gasteiger partial charge in [-0.25, -0.2) is 4.39 Å². The molecule has 0 saturated carbocycles. The van der Waals surface area contributed by atoms with Crippen LogP contribution in [0.4, 0.5) is 14.5 Å². The SMILES string of the molecule is CCC(C)Oc1c(N)ccc(F)c1F. The smallest absolute Gasteiger partial charge is 0.202 e. The Hall–Kier alpha value is -1.32. The Labute approximate surface area is 81.7 Å². The lowest BCUT2D eigenvalue weighted by Gasteiger charge is -2.15. The number of benzene rings is 1. The lowest BCUT2D eigenvalue weighted by Crippen LogP contribution is -2.12. The zero-order valence-corrected chi connectivity index (χ0v) is 8.18. The first kappa shape index (κ1) is 10.8. The molecule has 1 aromatic carbocycles. The minimum atomic E-state index is -1.02. The number of anilines is 1. The van der Waals surface area contributed by atoms with Gasteiger partial charge in [0.05, 0.1) is 11.8 Å². The molecule has 0 aromatic heterocycles. The van der Waals surface area contributed by atoms with Crippen molar-refractivity contribution < 1.29 is 13.5 Å². The molecule has 1 aromatic rings. The summed E-state index contributed by atoms with van der Waals surface area (Å²) in [7, 11) is 0. The summed E-state index contributed by atoms with van der Waals surface area (Å²) < 4.78 is 31.1. The highest BCUT2D eigenvalue weighted by Crippen LogP contribution is 2.28. The van der Waals surface area contributed by atoms with Crippen molar-refractivity contribution in [2.75, 3.05) is 5.73 Å². The Bertz CT molecular complexity index is 328. The summed E-state index contributed by atoms with van der Waals surface area (Å²) in [6.07, 6.45) is 0.517. The van der Waals surface area contributed by atoms with Gasteiger partial charge in [0.2, 0.25) is 5.82 Å². The molecule has 0 spiro atoms. The van der Waals surface area contributed by atoms with Crippen molar-refractivity contribution in [3.05, 3.63) is 23.8 Å². The van der Waals surface area contributed by atoms with Gasteiger partial charge >= 0.3 is 0 Å². The van der Waals surface area contributed by atoms with E-state index >= 15 is 0 Å². The molecule has 0 aliphatic rings. The fourth-order valence-corrected chi connectivity index (χ4v) is 0.951. The van der Waals surface area contributed by atoms with Crippen LogP contribution in [0.3, 0.4) is 0 Å². The molecular formula is C10H13F2NO. The Morgan fingerprint density at radius 3 is 2.64 bits per heavy atom. The van der Waals surface area contributed by atoms with Crippen LogP contribution in [0, 0.1) is 11.6 Å². The van der Waals surface area contributed by atoms with Crippen molar-refractivity contribution in [1.82, 2.24) is 0 Å². The Kier molecular flexibility index (Phi) is 3.28. The summed E-state index contributed by atoms with van der Waals surface area (Å²) in [6, 6.07) is 2.27. The van der Waals surface area contributed by atoms with E-state index in [1.165, 1.54) is 6.07 Å². The monoisotopic (exact) mass is 201 g/mol. The van der Waals surface area contributed by atoms with Crippen LogP contribution in [0.1, 0.15) is 20.3 Å². The molecule has 78 valence electrons. The van der Waals surface area contributed by atoms with Crippen LogP contribution in [-0.2, 0) is 0 Å². The molecule has 1 rings (SSSR count). The number of rotatable bonds is 3. The lowest BCUT2D eigenvalue weighted by molar-refractivity contribution is 0.206. The van der Waals surface area contributed by atoms with Crippen LogP contribution in [0.2, 0.25) is 0 Å². The fraction of sp³-hybridized carbons (Fsp3) is 0.400. The van der Waals surface area contributed by atoms with Gasteiger partial charge in [-0.05, 0) is 25.5 Å². The van der Waals surface area contributed by atoms with E-state index in [9.17, 15) is 8.78 Å². The quantitative estimate of drug-likeness (QED) is 0.763. The van der Waals surface area contributed by atoms with Gasteiger partial charge in [0.15, 0.2) is 11.6 Å². The second kappa shape index (κ2) is 4.26. The standard InChI is InChI=1S/C10H13F2NO/c1-3-6(2)14-10-8(13)5-4-7(11)9(10)12/h4-6H,3,13H2,1-2H3. The summed E-state index contributed by atoms with van der Waals surface area (Å²) in [5.41, 5.74) is 5.58. The maximum Gasteiger partial charge on any atom is 0.202 e. The maximum atomic E-state index is 13.2. The summed E-state index contributed by atoms with van der Waals surface area (Å²) in [5.74, 6) is -2.16. The second-order valence-electron chi connectivity index (χ2n) is 3.12. The molecule has 4 heteroatoms. The molecule has 0 heterocycles. The summed E-state index contributed by atoms with van der Waals surface area (Å²) in [4.78, 5) is 0. The molecule has 1 atom stereocenters. The summed E-state index contributed by atoms with van der Waals surface area (Å²) in [6.45, 7) is 3.65. The third kappa shape index (κ3) is 2.13. The molecule has 14 heavy (non-hydrogen) atoms. The van der Waals surface area contributed by atoms with Gasteiger partial charge in [0.25, 0.3) is 0 Å². The molecule has 0 radical (unpaired) electrons.